The molecule has 0 aliphatic rings. The van der Waals surface area contributed by atoms with Crippen LogP contribution < -0.4 is 5.32 Å². The quantitative estimate of drug-likeness (QED) is 0.357. The topological polar surface area (TPSA) is 49.4 Å². The van der Waals surface area contributed by atoms with E-state index in [1.807, 2.05) is 93.6 Å². The Hall–Kier alpha value is -2.76. The largest absolute Gasteiger partial charge is 0.352 e. The minimum atomic E-state index is -0.644. The maximum Gasteiger partial charge on any atom is 0.243 e. The molecule has 6 heteroatoms. The van der Waals surface area contributed by atoms with Gasteiger partial charge in [-0.3, -0.25) is 9.59 Å². The normalized spacial score (nSPS) is 11.8. The molecule has 0 aliphatic carbocycles. The Balaban J connectivity index is 1.90. The van der Waals surface area contributed by atoms with Crippen molar-refractivity contribution in [3.63, 3.8) is 0 Å². The van der Waals surface area contributed by atoms with E-state index in [1.54, 1.807) is 11.0 Å². The number of aryl methyl sites for hydroxylation is 1. The Morgan fingerprint density at radius 2 is 1.62 bits per heavy atom. The lowest BCUT2D eigenvalue weighted by molar-refractivity contribution is -0.139. The van der Waals surface area contributed by atoms with E-state index in [-0.39, 0.29) is 23.6 Å². The molecule has 3 rings (SSSR count). The van der Waals surface area contributed by atoms with Gasteiger partial charge in [-0.05, 0) is 56.2 Å². The number of rotatable bonds is 10. The first-order chi connectivity index (χ1) is 16.3. The number of hydrogen-bond acceptors (Lipinski definition) is 3. The van der Waals surface area contributed by atoms with Gasteiger partial charge in [-0.25, -0.2) is 0 Å². The molecule has 3 aromatic rings. The van der Waals surface area contributed by atoms with Crippen LogP contribution in [0.5, 0.6) is 0 Å². The molecule has 34 heavy (non-hydrogen) atoms. The smallest absolute Gasteiger partial charge is 0.243 e. The van der Waals surface area contributed by atoms with Crippen molar-refractivity contribution in [2.45, 2.75) is 50.7 Å². The molecule has 0 heterocycles. The van der Waals surface area contributed by atoms with Crippen molar-refractivity contribution in [3.8, 4) is 0 Å². The molecule has 0 saturated heterocycles. The van der Waals surface area contributed by atoms with Gasteiger partial charge in [-0.15, -0.1) is 11.8 Å². The minimum Gasteiger partial charge on any atom is -0.352 e. The van der Waals surface area contributed by atoms with Crippen molar-refractivity contribution < 1.29 is 9.59 Å². The van der Waals surface area contributed by atoms with Gasteiger partial charge in [0.25, 0.3) is 0 Å². The van der Waals surface area contributed by atoms with Crippen molar-refractivity contribution in [1.29, 1.82) is 0 Å². The minimum absolute atomic E-state index is 0.0316. The molecule has 4 nitrogen and oxygen atoms in total. The summed E-state index contributed by atoms with van der Waals surface area (Å²) >= 11 is 7.70. The third-order valence-electron chi connectivity index (χ3n) is 5.33. The van der Waals surface area contributed by atoms with Crippen molar-refractivity contribution >= 4 is 35.2 Å². The van der Waals surface area contributed by atoms with Crippen molar-refractivity contribution in [2.75, 3.05) is 5.75 Å². The van der Waals surface area contributed by atoms with Crippen LogP contribution in [0.2, 0.25) is 5.02 Å². The molecular weight excluding hydrogens is 464 g/mol. The van der Waals surface area contributed by atoms with E-state index in [9.17, 15) is 9.59 Å². The number of hydrogen-bond donors (Lipinski definition) is 1. The molecule has 0 saturated carbocycles. The van der Waals surface area contributed by atoms with Crippen LogP contribution in [-0.2, 0) is 22.6 Å². The first kappa shape index (κ1) is 25.9. The van der Waals surface area contributed by atoms with E-state index in [1.165, 1.54) is 17.3 Å². The molecule has 0 unspecified atom stereocenters. The molecule has 178 valence electrons. The zero-order valence-electron chi connectivity index (χ0n) is 19.8. The van der Waals surface area contributed by atoms with Gasteiger partial charge in [0.1, 0.15) is 6.04 Å². The van der Waals surface area contributed by atoms with Crippen LogP contribution in [0.3, 0.4) is 0 Å². The second-order valence-electron chi connectivity index (χ2n) is 8.62. The highest BCUT2D eigenvalue weighted by atomic mass is 35.5. The van der Waals surface area contributed by atoms with Gasteiger partial charge >= 0.3 is 0 Å². The van der Waals surface area contributed by atoms with Gasteiger partial charge in [-0.1, -0.05) is 71.8 Å². The third-order valence-corrected chi connectivity index (χ3v) is 6.56. The van der Waals surface area contributed by atoms with E-state index in [0.29, 0.717) is 18.0 Å². The maximum atomic E-state index is 13.6. The Bertz CT molecular complexity index is 1090. The molecular formula is C28H31ClN2O2S. The third kappa shape index (κ3) is 7.93. The summed E-state index contributed by atoms with van der Waals surface area (Å²) in [5.41, 5.74) is 3.06. The standard InChI is InChI=1S/C28H31ClN2O2S/c1-20(2)30-28(33)26(17-22-8-5-4-6-9-22)31(18-23-10-7-11-24(29)16-23)27(32)19-34-25-14-12-21(3)13-15-25/h4-16,20,26H,17-19H2,1-3H3,(H,30,33)/t26-/m1/s1. The fourth-order valence-electron chi connectivity index (χ4n) is 3.63. The molecule has 0 spiro atoms. The maximum absolute atomic E-state index is 13.6. The fourth-order valence-corrected chi connectivity index (χ4v) is 4.63. The highest BCUT2D eigenvalue weighted by Gasteiger charge is 2.30. The van der Waals surface area contributed by atoms with E-state index >= 15 is 0 Å². The molecule has 1 atom stereocenters. The van der Waals surface area contributed by atoms with Crippen molar-refractivity contribution in [2.24, 2.45) is 0 Å². The van der Waals surface area contributed by atoms with Gasteiger partial charge in [0.05, 0.1) is 5.75 Å². The number of benzene rings is 3. The number of nitrogens with zero attached hydrogens (tertiary/aromatic N) is 1. The summed E-state index contributed by atoms with van der Waals surface area (Å²) in [6, 6.07) is 24.7. The summed E-state index contributed by atoms with van der Waals surface area (Å²) in [7, 11) is 0. The van der Waals surface area contributed by atoms with Gasteiger partial charge in [0, 0.05) is 28.9 Å². The Morgan fingerprint density at radius 1 is 0.941 bits per heavy atom. The molecule has 0 fully saturated rings. The van der Waals surface area contributed by atoms with Crippen LogP contribution in [0.4, 0.5) is 0 Å². The lowest BCUT2D eigenvalue weighted by atomic mass is 10.0. The van der Waals surface area contributed by atoms with Crippen molar-refractivity contribution in [1.82, 2.24) is 10.2 Å². The van der Waals surface area contributed by atoms with E-state index in [0.717, 1.165) is 16.0 Å². The summed E-state index contributed by atoms with van der Waals surface area (Å²) in [5, 5.41) is 3.61. The summed E-state index contributed by atoms with van der Waals surface area (Å²) in [4.78, 5) is 29.6. The molecule has 3 aromatic carbocycles. The van der Waals surface area contributed by atoms with Crippen LogP contribution in [0.15, 0.2) is 83.8 Å². The summed E-state index contributed by atoms with van der Waals surface area (Å²) < 4.78 is 0. The molecule has 0 bridgehead atoms. The van der Waals surface area contributed by atoms with Crippen LogP contribution in [0.1, 0.15) is 30.5 Å². The number of carbonyl (C=O) groups excluding carboxylic acids is 2. The first-order valence-corrected chi connectivity index (χ1v) is 12.8. The molecule has 2 amide bonds. The average molecular weight is 495 g/mol. The van der Waals surface area contributed by atoms with E-state index < -0.39 is 6.04 Å². The van der Waals surface area contributed by atoms with E-state index in [4.69, 9.17) is 11.6 Å². The monoisotopic (exact) mass is 494 g/mol. The molecule has 0 aliphatic heterocycles. The SMILES string of the molecule is Cc1ccc(SCC(=O)N(Cc2cccc(Cl)c2)[C@H](Cc2ccccc2)C(=O)NC(C)C)cc1. The summed E-state index contributed by atoms with van der Waals surface area (Å²) in [6.07, 6.45) is 0.431. The Morgan fingerprint density at radius 3 is 2.26 bits per heavy atom. The van der Waals surface area contributed by atoms with Gasteiger partial charge in [-0.2, -0.15) is 0 Å². The fraction of sp³-hybridized carbons (Fsp3) is 0.286. The van der Waals surface area contributed by atoms with Crippen LogP contribution >= 0.6 is 23.4 Å². The zero-order valence-corrected chi connectivity index (χ0v) is 21.4. The Kier molecular flexibility index (Phi) is 9.61. The number of amides is 2. The van der Waals surface area contributed by atoms with Gasteiger partial charge in [0.15, 0.2) is 0 Å². The van der Waals surface area contributed by atoms with Gasteiger partial charge in [0.2, 0.25) is 11.8 Å². The Labute approximate surface area is 211 Å². The highest BCUT2D eigenvalue weighted by molar-refractivity contribution is 8.00. The summed E-state index contributed by atoms with van der Waals surface area (Å²) in [6.45, 7) is 6.19. The molecule has 0 aromatic heterocycles. The lowest BCUT2D eigenvalue weighted by Gasteiger charge is -2.32. The molecule has 1 N–H and O–H groups in total. The first-order valence-electron chi connectivity index (χ1n) is 11.4. The van der Waals surface area contributed by atoms with Crippen LogP contribution in [-0.4, -0.2) is 34.6 Å². The second kappa shape index (κ2) is 12.6. The average Bonchev–Trinajstić information content (AvgIpc) is 2.81. The predicted molar refractivity (Wildman–Crippen MR) is 141 cm³/mol. The highest BCUT2D eigenvalue weighted by Crippen LogP contribution is 2.22. The number of halogens is 1. The number of carbonyl (C=O) groups is 2. The van der Waals surface area contributed by atoms with Crippen LogP contribution in [0, 0.1) is 6.92 Å². The zero-order chi connectivity index (χ0) is 24.5. The molecule has 0 radical (unpaired) electrons. The number of nitrogens with one attached hydrogen (secondary N) is 1. The number of thioether (sulfide) groups is 1. The second-order valence-corrected chi connectivity index (χ2v) is 10.1. The predicted octanol–water partition coefficient (Wildman–Crippen LogP) is 5.91. The van der Waals surface area contributed by atoms with Crippen LogP contribution in [0.25, 0.3) is 0 Å². The summed E-state index contributed by atoms with van der Waals surface area (Å²) in [5.74, 6) is -0.0101. The van der Waals surface area contributed by atoms with Gasteiger partial charge < -0.3 is 10.2 Å². The van der Waals surface area contributed by atoms with Crippen molar-refractivity contribution in [3.05, 3.63) is 101 Å². The van der Waals surface area contributed by atoms with E-state index in [2.05, 4.69) is 5.32 Å². The lowest BCUT2D eigenvalue weighted by Crippen LogP contribution is -2.52.